The maximum Gasteiger partial charge on any atom is 0.252 e. The van der Waals surface area contributed by atoms with Gasteiger partial charge in [0.15, 0.2) is 0 Å². The predicted molar refractivity (Wildman–Crippen MR) is 134 cm³/mol. The number of benzene rings is 1. The van der Waals surface area contributed by atoms with Crippen molar-refractivity contribution in [2.45, 2.75) is 38.3 Å². The molecule has 1 saturated carbocycles. The molecule has 0 bridgehead atoms. The first-order valence-corrected chi connectivity index (χ1v) is 13.6. The number of amides is 3. The Bertz CT molecular complexity index is 1120. The minimum atomic E-state index is -0.240. The normalized spacial score (nSPS) is 25.4. The number of rotatable bonds is 5. The number of piperazine rings is 1. The fourth-order valence-electron chi connectivity index (χ4n) is 6.21. The van der Waals surface area contributed by atoms with E-state index in [1.165, 1.54) is 4.88 Å². The van der Waals surface area contributed by atoms with Crippen LogP contribution < -0.4 is 5.32 Å². The average Bonchev–Trinajstić information content (AvgIpc) is 3.17. The molecule has 4 aliphatic rings. The number of nitrogens with one attached hydrogen (secondary N) is 1. The molecule has 1 spiro atoms. The molecule has 3 fully saturated rings. The monoisotopic (exact) mass is 492 g/mol. The van der Waals surface area contributed by atoms with E-state index in [1.54, 1.807) is 11.3 Å². The van der Waals surface area contributed by atoms with Crippen molar-refractivity contribution < 1.29 is 14.4 Å². The molecule has 1 aromatic carbocycles. The average molecular weight is 493 g/mol. The van der Waals surface area contributed by atoms with E-state index in [1.807, 2.05) is 29.2 Å². The molecule has 2 saturated heterocycles. The van der Waals surface area contributed by atoms with Crippen LogP contribution in [-0.2, 0) is 16.1 Å². The van der Waals surface area contributed by atoms with Gasteiger partial charge in [0.25, 0.3) is 5.91 Å². The molecule has 2 atom stereocenters. The maximum absolute atomic E-state index is 13.2. The number of likely N-dealkylation sites (tertiary alicyclic amines) is 1. The number of nitrogens with zero attached hydrogens (tertiary/aromatic N) is 3. The molecule has 1 N–H and O–H groups in total. The summed E-state index contributed by atoms with van der Waals surface area (Å²) in [4.78, 5) is 46.2. The van der Waals surface area contributed by atoms with Crippen molar-refractivity contribution in [3.8, 4) is 0 Å². The number of piperidine rings is 1. The lowest BCUT2D eigenvalue weighted by Crippen LogP contribution is -2.49. The Kier molecular flexibility index (Phi) is 5.89. The van der Waals surface area contributed by atoms with Gasteiger partial charge >= 0.3 is 0 Å². The molecule has 7 nitrogen and oxygen atoms in total. The highest BCUT2D eigenvalue weighted by Gasteiger charge is 2.59. The Hall–Kier alpha value is -2.71. The molecule has 184 valence electrons. The third kappa shape index (κ3) is 4.38. The highest BCUT2D eigenvalue weighted by molar-refractivity contribution is 7.09. The fourth-order valence-corrected chi connectivity index (χ4v) is 6.95. The molecule has 1 aromatic heterocycles. The van der Waals surface area contributed by atoms with Crippen LogP contribution in [0.5, 0.6) is 0 Å². The number of hydrogen-bond donors (Lipinski definition) is 1. The number of hydrogen-bond acceptors (Lipinski definition) is 5. The third-order valence-electron chi connectivity index (χ3n) is 8.51. The number of carbonyl (C=O) groups excluding carboxylic acids is 3. The Morgan fingerprint density at radius 3 is 2.49 bits per heavy atom. The van der Waals surface area contributed by atoms with Gasteiger partial charge in [-0.1, -0.05) is 24.3 Å². The molecular weight excluding hydrogens is 460 g/mol. The molecule has 2 aromatic rings. The number of fused-ring (bicyclic) bond motifs is 1. The van der Waals surface area contributed by atoms with Crippen molar-refractivity contribution >= 4 is 29.1 Å². The van der Waals surface area contributed by atoms with E-state index in [0.717, 1.165) is 57.5 Å². The smallest absolute Gasteiger partial charge is 0.252 e. The van der Waals surface area contributed by atoms with Gasteiger partial charge in [-0.25, -0.2) is 0 Å². The summed E-state index contributed by atoms with van der Waals surface area (Å²) < 4.78 is 0. The van der Waals surface area contributed by atoms with Gasteiger partial charge in [0.05, 0.1) is 12.5 Å². The predicted octanol–water partition coefficient (Wildman–Crippen LogP) is 2.90. The van der Waals surface area contributed by atoms with Gasteiger partial charge in [0.2, 0.25) is 11.8 Å². The zero-order chi connectivity index (χ0) is 24.0. The summed E-state index contributed by atoms with van der Waals surface area (Å²) in [6, 6.07) is 11.5. The van der Waals surface area contributed by atoms with E-state index in [4.69, 9.17) is 0 Å². The van der Waals surface area contributed by atoms with Crippen LogP contribution in [0.3, 0.4) is 0 Å². The molecule has 6 rings (SSSR count). The molecule has 3 aliphatic heterocycles. The Balaban J connectivity index is 0.975. The molecule has 35 heavy (non-hydrogen) atoms. The van der Waals surface area contributed by atoms with Gasteiger partial charge in [-0.05, 0) is 47.8 Å². The summed E-state index contributed by atoms with van der Waals surface area (Å²) in [5.74, 6) is 0.449. The van der Waals surface area contributed by atoms with Crippen LogP contribution in [0.25, 0.3) is 0 Å². The second-order valence-electron chi connectivity index (χ2n) is 10.5. The van der Waals surface area contributed by atoms with Crippen LogP contribution in [-0.4, -0.2) is 71.7 Å². The van der Waals surface area contributed by atoms with Crippen LogP contribution in [0.1, 0.15) is 52.5 Å². The van der Waals surface area contributed by atoms with Gasteiger partial charge in [-0.15, -0.1) is 11.3 Å². The van der Waals surface area contributed by atoms with Crippen molar-refractivity contribution in [3.05, 3.63) is 57.8 Å². The summed E-state index contributed by atoms with van der Waals surface area (Å²) in [7, 11) is 0. The lowest BCUT2D eigenvalue weighted by molar-refractivity contribution is -0.136. The third-order valence-corrected chi connectivity index (χ3v) is 9.37. The zero-order valence-electron chi connectivity index (χ0n) is 19.9. The van der Waals surface area contributed by atoms with Crippen molar-refractivity contribution in [2.24, 2.45) is 11.3 Å². The molecule has 8 heteroatoms. The molecular formula is C27H32N4O3S. The first-order chi connectivity index (χ1) is 17.0. The van der Waals surface area contributed by atoms with Gasteiger partial charge in [-0.2, -0.15) is 0 Å². The minimum absolute atomic E-state index is 0.0900. The van der Waals surface area contributed by atoms with Crippen LogP contribution in [0.15, 0.2) is 41.8 Å². The lowest BCUT2D eigenvalue weighted by atomic mass is 9.90. The highest BCUT2D eigenvalue weighted by atomic mass is 32.1. The first-order valence-electron chi connectivity index (χ1n) is 12.7. The van der Waals surface area contributed by atoms with E-state index < -0.39 is 0 Å². The van der Waals surface area contributed by atoms with Gasteiger partial charge in [-0.3, -0.25) is 19.3 Å². The zero-order valence-corrected chi connectivity index (χ0v) is 20.8. The molecule has 0 unspecified atom stereocenters. The van der Waals surface area contributed by atoms with Crippen molar-refractivity contribution in [2.75, 3.05) is 39.3 Å². The lowest BCUT2D eigenvalue weighted by Gasteiger charge is -2.36. The van der Waals surface area contributed by atoms with Crippen LogP contribution in [0.4, 0.5) is 0 Å². The van der Waals surface area contributed by atoms with Gasteiger partial charge < -0.3 is 15.1 Å². The Labute approximate surface area is 210 Å². The number of thiophene rings is 1. The van der Waals surface area contributed by atoms with Crippen molar-refractivity contribution in [1.29, 1.82) is 0 Å². The summed E-state index contributed by atoms with van der Waals surface area (Å²) >= 11 is 1.79. The summed E-state index contributed by atoms with van der Waals surface area (Å²) in [6.45, 7) is 5.90. The van der Waals surface area contributed by atoms with E-state index in [9.17, 15) is 14.4 Å². The quantitative estimate of drug-likeness (QED) is 0.697. The van der Waals surface area contributed by atoms with Crippen LogP contribution >= 0.6 is 11.3 Å². The highest BCUT2D eigenvalue weighted by Crippen LogP contribution is 2.60. The standard InChI is InChI=1S/C27H32N4O3S/c32-24(16-23-20-5-1-2-6-21(20)25(33)28-23)30-9-7-27(8-10-30)17-22(27)26(34)31-13-11-29(12-14-31)18-19-4-3-15-35-19/h1-6,15,22-23H,7-14,16-18H2,(H,28,33)/t22-,23-/m1/s1. The van der Waals surface area contributed by atoms with Crippen molar-refractivity contribution in [3.63, 3.8) is 0 Å². The molecule has 0 radical (unpaired) electrons. The fraction of sp³-hybridized carbons (Fsp3) is 0.519. The second kappa shape index (κ2) is 9.06. The topological polar surface area (TPSA) is 73.0 Å². The molecule has 1 aliphatic carbocycles. The maximum atomic E-state index is 13.2. The summed E-state index contributed by atoms with van der Waals surface area (Å²) in [6.07, 6.45) is 3.07. The second-order valence-corrected chi connectivity index (χ2v) is 11.5. The number of carbonyl (C=O) groups is 3. The SMILES string of the molecule is O=C1N[C@H](CC(=O)N2CCC3(CC2)C[C@@H]3C(=O)N2CCN(Cc3cccs3)CC2)c2ccccc21. The minimum Gasteiger partial charge on any atom is -0.345 e. The van der Waals surface area contributed by atoms with Crippen LogP contribution in [0, 0.1) is 11.3 Å². The molecule has 3 amide bonds. The van der Waals surface area contributed by atoms with Crippen LogP contribution in [0.2, 0.25) is 0 Å². The van der Waals surface area contributed by atoms with Gasteiger partial charge in [0, 0.05) is 62.2 Å². The first kappa shape index (κ1) is 22.7. The van der Waals surface area contributed by atoms with E-state index >= 15 is 0 Å². The largest absolute Gasteiger partial charge is 0.345 e. The summed E-state index contributed by atoms with van der Waals surface area (Å²) in [5.41, 5.74) is 1.69. The molecule has 4 heterocycles. The van der Waals surface area contributed by atoms with E-state index in [2.05, 4.69) is 32.6 Å². The van der Waals surface area contributed by atoms with Crippen molar-refractivity contribution in [1.82, 2.24) is 20.0 Å². The van der Waals surface area contributed by atoms with E-state index in [0.29, 0.717) is 31.0 Å². The van der Waals surface area contributed by atoms with E-state index in [-0.39, 0.29) is 29.2 Å². The summed E-state index contributed by atoms with van der Waals surface area (Å²) in [5, 5.41) is 5.07. The Morgan fingerprint density at radius 1 is 0.971 bits per heavy atom. The van der Waals surface area contributed by atoms with Gasteiger partial charge in [0.1, 0.15) is 0 Å². The Morgan fingerprint density at radius 2 is 1.74 bits per heavy atom.